The first-order valence-corrected chi connectivity index (χ1v) is 8.14. The lowest BCUT2D eigenvalue weighted by Crippen LogP contribution is -2.53. The van der Waals surface area contributed by atoms with Gasteiger partial charge >= 0.3 is 0 Å². The van der Waals surface area contributed by atoms with Crippen LogP contribution in [-0.2, 0) is 4.74 Å². The average molecular weight is 250 g/mol. The summed E-state index contributed by atoms with van der Waals surface area (Å²) < 4.78 is 6.26. The van der Waals surface area contributed by atoms with E-state index in [1.807, 2.05) is 0 Å². The van der Waals surface area contributed by atoms with Gasteiger partial charge in [0.05, 0.1) is 5.60 Å². The topological polar surface area (TPSA) is 9.23 Å². The van der Waals surface area contributed by atoms with Crippen LogP contribution in [0, 0.1) is 29.1 Å². The highest BCUT2D eigenvalue weighted by Crippen LogP contribution is 2.60. The summed E-state index contributed by atoms with van der Waals surface area (Å²) >= 11 is 0. The first kappa shape index (κ1) is 13.0. The monoisotopic (exact) mass is 250 g/mol. The zero-order valence-corrected chi connectivity index (χ0v) is 12.7. The van der Waals surface area contributed by atoms with Crippen molar-refractivity contribution in [3.8, 4) is 0 Å². The molecular weight excluding hydrogens is 220 g/mol. The minimum Gasteiger partial charge on any atom is -0.375 e. The second kappa shape index (κ2) is 4.23. The van der Waals surface area contributed by atoms with Crippen LogP contribution in [0.4, 0.5) is 0 Å². The molecule has 1 aliphatic heterocycles. The van der Waals surface area contributed by atoms with Crippen LogP contribution in [0.1, 0.15) is 66.2 Å². The SMILES string of the molecule is CCC12CCC3C(C(C)CCC3(C)C)C1CCO2. The van der Waals surface area contributed by atoms with Gasteiger partial charge in [0.1, 0.15) is 0 Å². The summed E-state index contributed by atoms with van der Waals surface area (Å²) in [5.74, 6) is 3.66. The van der Waals surface area contributed by atoms with Crippen LogP contribution in [0.25, 0.3) is 0 Å². The van der Waals surface area contributed by atoms with Crippen LogP contribution in [0.5, 0.6) is 0 Å². The van der Waals surface area contributed by atoms with Gasteiger partial charge in [-0.05, 0) is 67.6 Å². The fourth-order valence-electron chi connectivity index (χ4n) is 5.66. The highest BCUT2D eigenvalue weighted by Gasteiger charge is 2.57. The molecule has 1 nitrogen and oxygen atoms in total. The standard InChI is InChI=1S/C17H30O/c1-5-17-10-7-13-15(14(17)8-11-18-17)12(2)6-9-16(13,3)4/h12-15H,5-11H2,1-4H3. The molecule has 0 bridgehead atoms. The third-order valence-electron chi connectivity index (χ3n) is 6.81. The molecule has 5 unspecified atom stereocenters. The van der Waals surface area contributed by atoms with Crippen LogP contribution >= 0.6 is 0 Å². The normalized spacial score (nSPS) is 50.7. The van der Waals surface area contributed by atoms with Gasteiger partial charge in [0, 0.05) is 6.61 Å². The van der Waals surface area contributed by atoms with Gasteiger partial charge < -0.3 is 4.74 Å². The maximum atomic E-state index is 6.26. The van der Waals surface area contributed by atoms with Crippen LogP contribution in [0.2, 0.25) is 0 Å². The van der Waals surface area contributed by atoms with Crippen LogP contribution < -0.4 is 0 Å². The van der Waals surface area contributed by atoms with Crippen molar-refractivity contribution in [3.05, 3.63) is 0 Å². The molecule has 0 amide bonds. The van der Waals surface area contributed by atoms with Gasteiger partial charge in [-0.25, -0.2) is 0 Å². The Morgan fingerprint density at radius 1 is 1.06 bits per heavy atom. The summed E-state index contributed by atoms with van der Waals surface area (Å²) in [5, 5.41) is 0. The van der Waals surface area contributed by atoms with Gasteiger partial charge in [-0.3, -0.25) is 0 Å². The van der Waals surface area contributed by atoms with Crippen molar-refractivity contribution in [2.45, 2.75) is 71.8 Å². The summed E-state index contributed by atoms with van der Waals surface area (Å²) in [4.78, 5) is 0. The van der Waals surface area contributed by atoms with Gasteiger partial charge in [0.2, 0.25) is 0 Å². The van der Waals surface area contributed by atoms with E-state index in [2.05, 4.69) is 27.7 Å². The third kappa shape index (κ3) is 1.69. The predicted octanol–water partition coefficient (Wildman–Crippen LogP) is 4.65. The van der Waals surface area contributed by atoms with E-state index in [4.69, 9.17) is 4.74 Å². The molecule has 0 aromatic rings. The summed E-state index contributed by atoms with van der Waals surface area (Å²) in [5.41, 5.74) is 0.836. The van der Waals surface area contributed by atoms with Crippen LogP contribution in [-0.4, -0.2) is 12.2 Å². The van der Waals surface area contributed by atoms with E-state index in [1.54, 1.807) is 0 Å². The predicted molar refractivity (Wildman–Crippen MR) is 75.5 cm³/mol. The Balaban J connectivity index is 1.93. The maximum absolute atomic E-state index is 6.26. The molecule has 3 rings (SSSR count). The van der Waals surface area contributed by atoms with Crippen molar-refractivity contribution in [2.24, 2.45) is 29.1 Å². The summed E-state index contributed by atoms with van der Waals surface area (Å²) in [6.45, 7) is 10.9. The summed E-state index contributed by atoms with van der Waals surface area (Å²) in [6, 6.07) is 0. The van der Waals surface area contributed by atoms with Gasteiger partial charge in [-0.15, -0.1) is 0 Å². The van der Waals surface area contributed by atoms with Gasteiger partial charge in [-0.1, -0.05) is 27.7 Å². The first-order chi connectivity index (χ1) is 8.50. The Kier molecular flexibility index (Phi) is 3.05. The van der Waals surface area contributed by atoms with Crippen molar-refractivity contribution in [2.75, 3.05) is 6.61 Å². The molecule has 2 aliphatic carbocycles. The number of hydrogen-bond acceptors (Lipinski definition) is 1. The van der Waals surface area contributed by atoms with Crippen molar-refractivity contribution >= 4 is 0 Å². The molecule has 1 heteroatoms. The molecule has 5 atom stereocenters. The number of hydrogen-bond donors (Lipinski definition) is 0. The summed E-state index contributed by atoms with van der Waals surface area (Å²) in [7, 11) is 0. The molecule has 0 N–H and O–H groups in total. The van der Waals surface area contributed by atoms with E-state index < -0.39 is 0 Å². The van der Waals surface area contributed by atoms with Crippen molar-refractivity contribution in [1.82, 2.24) is 0 Å². The molecule has 0 aromatic heterocycles. The van der Waals surface area contributed by atoms with Gasteiger partial charge in [0.15, 0.2) is 0 Å². The highest BCUT2D eigenvalue weighted by atomic mass is 16.5. The fourth-order valence-corrected chi connectivity index (χ4v) is 5.66. The molecule has 3 fully saturated rings. The van der Waals surface area contributed by atoms with Crippen molar-refractivity contribution in [1.29, 1.82) is 0 Å². The van der Waals surface area contributed by atoms with E-state index in [0.29, 0.717) is 5.41 Å². The zero-order valence-electron chi connectivity index (χ0n) is 12.7. The lowest BCUT2D eigenvalue weighted by molar-refractivity contribution is -0.127. The third-order valence-corrected chi connectivity index (χ3v) is 6.81. The molecule has 0 radical (unpaired) electrons. The minimum atomic E-state index is 0.267. The van der Waals surface area contributed by atoms with E-state index in [1.165, 1.54) is 38.5 Å². The van der Waals surface area contributed by atoms with E-state index >= 15 is 0 Å². The number of rotatable bonds is 1. The van der Waals surface area contributed by atoms with Crippen molar-refractivity contribution in [3.63, 3.8) is 0 Å². The Bertz CT molecular complexity index is 322. The quantitative estimate of drug-likeness (QED) is 0.658. The lowest BCUT2D eigenvalue weighted by Gasteiger charge is -2.56. The summed E-state index contributed by atoms with van der Waals surface area (Å²) in [6.07, 6.45) is 8.16. The Hall–Kier alpha value is -0.0400. The Labute approximate surface area is 113 Å². The van der Waals surface area contributed by atoms with E-state index in [-0.39, 0.29) is 5.60 Å². The van der Waals surface area contributed by atoms with Gasteiger partial charge in [0.25, 0.3) is 0 Å². The smallest absolute Gasteiger partial charge is 0.0711 e. The zero-order chi connectivity index (χ0) is 13.0. The molecule has 0 spiro atoms. The van der Waals surface area contributed by atoms with Crippen molar-refractivity contribution < 1.29 is 4.74 Å². The molecule has 0 aromatic carbocycles. The molecule has 1 heterocycles. The average Bonchev–Trinajstić information content (AvgIpc) is 2.78. The fraction of sp³-hybridized carbons (Fsp3) is 1.00. The molecule has 2 saturated carbocycles. The lowest BCUT2D eigenvalue weighted by atomic mass is 9.49. The van der Waals surface area contributed by atoms with Crippen LogP contribution in [0.3, 0.4) is 0 Å². The second-order valence-electron chi connectivity index (χ2n) is 7.89. The van der Waals surface area contributed by atoms with E-state index in [0.717, 1.165) is 30.3 Å². The molecule has 3 aliphatic rings. The highest BCUT2D eigenvalue weighted by molar-refractivity contribution is 5.06. The Morgan fingerprint density at radius 3 is 2.56 bits per heavy atom. The van der Waals surface area contributed by atoms with Crippen LogP contribution in [0.15, 0.2) is 0 Å². The Morgan fingerprint density at radius 2 is 1.83 bits per heavy atom. The van der Waals surface area contributed by atoms with E-state index in [9.17, 15) is 0 Å². The number of fused-ring (bicyclic) bond motifs is 3. The molecule has 18 heavy (non-hydrogen) atoms. The number of ether oxygens (including phenoxy) is 1. The molecular formula is C17H30O. The minimum absolute atomic E-state index is 0.267. The molecule has 104 valence electrons. The van der Waals surface area contributed by atoms with Gasteiger partial charge in [-0.2, -0.15) is 0 Å². The first-order valence-electron chi connectivity index (χ1n) is 8.14. The molecule has 1 saturated heterocycles. The maximum Gasteiger partial charge on any atom is 0.0711 e. The largest absolute Gasteiger partial charge is 0.375 e. The second-order valence-corrected chi connectivity index (χ2v) is 7.89.